The zero-order valence-electron chi connectivity index (χ0n) is 9.21. The van der Waals surface area contributed by atoms with E-state index in [2.05, 4.69) is 0 Å². The van der Waals surface area contributed by atoms with Crippen molar-refractivity contribution in [2.75, 3.05) is 20.3 Å². The molecule has 0 aromatic rings. The van der Waals surface area contributed by atoms with E-state index < -0.39 is 0 Å². The highest BCUT2D eigenvalue weighted by atomic mass is 16.5. The molecule has 0 aromatic carbocycles. The lowest BCUT2D eigenvalue weighted by atomic mass is 10.0. The Morgan fingerprint density at radius 1 is 1.50 bits per heavy atom. The highest BCUT2D eigenvalue weighted by molar-refractivity contribution is 4.67. The lowest BCUT2D eigenvalue weighted by Gasteiger charge is -2.12. The molecule has 1 aliphatic rings. The van der Waals surface area contributed by atoms with Crippen LogP contribution in [0.5, 0.6) is 0 Å². The highest BCUT2D eigenvalue weighted by Gasteiger charge is 2.15. The normalized spacial score (nSPS) is 24.0. The van der Waals surface area contributed by atoms with E-state index in [-0.39, 0.29) is 0 Å². The largest absolute Gasteiger partial charge is 0.385 e. The highest BCUT2D eigenvalue weighted by Crippen LogP contribution is 2.18. The van der Waals surface area contributed by atoms with E-state index in [1.807, 2.05) is 0 Å². The molecule has 1 fully saturated rings. The molecular formula is C11H23NO2. The van der Waals surface area contributed by atoms with Crippen molar-refractivity contribution >= 4 is 0 Å². The number of ether oxygens (including phenoxy) is 2. The van der Waals surface area contributed by atoms with Crippen molar-refractivity contribution in [2.45, 2.75) is 50.7 Å². The van der Waals surface area contributed by atoms with Crippen molar-refractivity contribution in [2.24, 2.45) is 5.73 Å². The Bertz CT molecular complexity index is 135. The molecule has 0 aromatic heterocycles. The number of nitrogens with two attached hydrogens (primary N) is 1. The van der Waals surface area contributed by atoms with Crippen LogP contribution in [0.1, 0.15) is 38.5 Å². The van der Waals surface area contributed by atoms with Gasteiger partial charge in [0, 0.05) is 26.4 Å². The molecular weight excluding hydrogens is 178 g/mol. The van der Waals surface area contributed by atoms with E-state index in [1.165, 1.54) is 25.7 Å². The summed E-state index contributed by atoms with van der Waals surface area (Å²) in [5.41, 5.74) is 5.92. The molecule has 0 radical (unpaired) electrons. The Hall–Kier alpha value is -0.120. The first-order chi connectivity index (χ1) is 6.83. The van der Waals surface area contributed by atoms with Gasteiger partial charge in [0.2, 0.25) is 0 Å². The fourth-order valence-corrected chi connectivity index (χ4v) is 1.89. The second kappa shape index (κ2) is 7.21. The van der Waals surface area contributed by atoms with Crippen LogP contribution in [-0.2, 0) is 9.47 Å². The van der Waals surface area contributed by atoms with Gasteiger partial charge in [0.25, 0.3) is 0 Å². The predicted octanol–water partition coefficient (Wildman–Crippen LogP) is 1.70. The molecule has 2 atom stereocenters. The fourth-order valence-electron chi connectivity index (χ4n) is 1.89. The van der Waals surface area contributed by atoms with Gasteiger partial charge in [-0.25, -0.2) is 0 Å². The Morgan fingerprint density at radius 2 is 2.36 bits per heavy atom. The molecule has 3 heteroatoms. The first kappa shape index (κ1) is 12.0. The van der Waals surface area contributed by atoms with Crippen molar-refractivity contribution in [1.29, 1.82) is 0 Å². The Morgan fingerprint density at radius 3 is 3.00 bits per heavy atom. The maximum absolute atomic E-state index is 5.92. The SMILES string of the molecule is COCCC(N)CCCC1CCCO1. The third-order valence-corrected chi connectivity index (χ3v) is 2.82. The maximum atomic E-state index is 5.92. The second-order valence-corrected chi connectivity index (χ2v) is 4.11. The molecule has 0 amide bonds. The Labute approximate surface area is 86.9 Å². The van der Waals surface area contributed by atoms with Gasteiger partial charge >= 0.3 is 0 Å². The minimum atomic E-state index is 0.302. The first-order valence-corrected chi connectivity index (χ1v) is 5.69. The molecule has 84 valence electrons. The van der Waals surface area contributed by atoms with Crippen molar-refractivity contribution in [1.82, 2.24) is 0 Å². The monoisotopic (exact) mass is 201 g/mol. The average molecular weight is 201 g/mol. The van der Waals surface area contributed by atoms with Crippen LogP contribution in [0, 0.1) is 0 Å². The second-order valence-electron chi connectivity index (χ2n) is 4.11. The molecule has 1 aliphatic heterocycles. The number of methoxy groups -OCH3 is 1. The van der Waals surface area contributed by atoms with Gasteiger partial charge in [-0.3, -0.25) is 0 Å². The molecule has 0 aliphatic carbocycles. The van der Waals surface area contributed by atoms with Gasteiger partial charge in [0.15, 0.2) is 0 Å². The minimum absolute atomic E-state index is 0.302. The molecule has 1 saturated heterocycles. The number of hydrogen-bond acceptors (Lipinski definition) is 3. The average Bonchev–Trinajstić information content (AvgIpc) is 2.67. The summed E-state index contributed by atoms with van der Waals surface area (Å²) in [5, 5.41) is 0. The summed E-state index contributed by atoms with van der Waals surface area (Å²) in [7, 11) is 1.72. The third-order valence-electron chi connectivity index (χ3n) is 2.82. The molecule has 0 spiro atoms. The lowest BCUT2D eigenvalue weighted by molar-refractivity contribution is 0.101. The van der Waals surface area contributed by atoms with E-state index in [9.17, 15) is 0 Å². The topological polar surface area (TPSA) is 44.5 Å². The summed E-state index contributed by atoms with van der Waals surface area (Å²) >= 11 is 0. The van der Waals surface area contributed by atoms with Crippen molar-refractivity contribution in [3.63, 3.8) is 0 Å². The van der Waals surface area contributed by atoms with E-state index in [0.29, 0.717) is 12.1 Å². The van der Waals surface area contributed by atoms with E-state index in [1.54, 1.807) is 7.11 Å². The fraction of sp³-hybridized carbons (Fsp3) is 1.00. The summed E-state index contributed by atoms with van der Waals surface area (Å²) in [6.45, 7) is 1.74. The van der Waals surface area contributed by atoms with Gasteiger partial charge in [-0.1, -0.05) is 0 Å². The molecule has 1 heterocycles. The molecule has 1 rings (SSSR count). The maximum Gasteiger partial charge on any atom is 0.0576 e. The minimum Gasteiger partial charge on any atom is -0.385 e. The zero-order valence-corrected chi connectivity index (χ0v) is 9.21. The first-order valence-electron chi connectivity index (χ1n) is 5.69. The van der Waals surface area contributed by atoms with Gasteiger partial charge in [-0.05, 0) is 38.5 Å². The van der Waals surface area contributed by atoms with Crippen LogP contribution in [0.2, 0.25) is 0 Å². The predicted molar refractivity (Wildman–Crippen MR) is 57.3 cm³/mol. The summed E-state index contributed by atoms with van der Waals surface area (Å²) < 4.78 is 10.5. The lowest BCUT2D eigenvalue weighted by Crippen LogP contribution is -2.22. The van der Waals surface area contributed by atoms with Crippen LogP contribution < -0.4 is 5.73 Å². The quantitative estimate of drug-likeness (QED) is 0.682. The van der Waals surface area contributed by atoms with Crippen LogP contribution >= 0.6 is 0 Å². The molecule has 2 unspecified atom stereocenters. The summed E-state index contributed by atoms with van der Waals surface area (Å²) in [6, 6.07) is 0.302. The van der Waals surface area contributed by atoms with Gasteiger partial charge in [-0.15, -0.1) is 0 Å². The molecule has 3 nitrogen and oxygen atoms in total. The Kier molecular flexibility index (Phi) is 6.15. The van der Waals surface area contributed by atoms with Gasteiger partial charge in [0.1, 0.15) is 0 Å². The number of hydrogen-bond donors (Lipinski definition) is 1. The summed E-state index contributed by atoms with van der Waals surface area (Å²) in [4.78, 5) is 0. The van der Waals surface area contributed by atoms with E-state index in [4.69, 9.17) is 15.2 Å². The van der Waals surface area contributed by atoms with Crippen LogP contribution in [0.3, 0.4) is 0 Å². The van der Waals surface area contributed by atoms with Gasteiger partial charge < -0.3 is 15.2 Å². The summed E-state index contributed by atoms with van der Waals surface area (Å²) in [6.07, 6.45) is 7.44. The standard InChI is InChI=1S/C11H23NO2/c1-13-9-7-10(12)4-2-5-11-6-3-8-14-11/h10-11H,2-9,12H2,1H3. The summed E-state index contributed by atoms with van der Waals surface area (Å²) in [5.74, 6) is 0. The Balaban J connectivity index is 1.91. The van der Waals surface area contributed by atoms with Crippen molar-refractivity contribution in [3.8, 4) is 0 Å². The molecule has 14 heavy (non-hydrogen) atoms. The molecule has 0 saturated carbocycles. The smallest absolute Gasteiger partial charge is 0.0576 e. The van der Waals surface area contributed by atoms with Gasteiger partial charge in [0.05, 0.1) is 6.10 Å². The van der Waals surface area contributed by atoms with Crippen LogP contribution in [-0.4, -0.2) is 32.5 Å². The molecule has 2 N–H and O–H groups in total. The number of rotatable bonds is 7. The van der Waals surface area contributed by atoms with Crippen molar-refractivity contribution in [3.05, 3.63) is 0 Å². The van der Waals surface area contributed by atoms with Crippen molar-refractivity contribution < 1.29 is 9.47 Å². The van der Waals surface area contributed by atoms with Crippen LogP contribution in [0.4, 0.5) is 0 Å². The zero-order chi connectivity index (χ0) is 10.2. The third kappa shape index (κ3) is 4.94. The van der Waals surface area contributed by atoms with Gasteiger partial charge in [-0.2, -0.15) is 0 Å². The van der Waals surface area contributed by atoms with Crippen LogP contribution in [0.25, 0.3) is 0 Å². The molecule has 0 bridgehead atoms. The van der Waals surface area contributed by atoms with E-state index in [0.717, 1.165) is 26.1 Å². The van der Waals surface area contributed by atoms with E-state index >= 15 is 0 Å². The van der Waals surface area contributed by atoms with Crippen LogP contribution in [0.15, 0.2) is 0 Å².